The lowest BCUT2D eigenvalue weighted by atomic mass is 9.94. The van der Waals surface area contributed by atoms with Crippen molar-refractivity contribution in [2.75, 3.05) is 6.54 Å². The molecule has 21 heavy (non-hydrogen) atoms. The van der Waals surface area contributed by atoms with Crippen LogP contribution in [-0.2, 0) is 6.42 Å². The lowest BCUT2D eigenvalue weighted by Gasteiger charge is -2.21. The van der Waals surface area contributed by atoms with Crippen molar-refractivity contribution in [3.05, 3.63) is 70.8 Å². The van der Waals surface area contributed by atoms with Gasteiger partial charge in [0.2, 0.25) is 0 Å². The third-order valence-electron chi connectivity index (χ3n) is 4.10. The molecule has 1 N–H and O–H groups in total. The standard InChI is InChI=1S/C20H27N/c1-5-21-20(19-9-7-6-8-16(19)4)14-17-10-12-18(13-11-17)15(2)3/h6-13,15,20-21H,5,14H2,1-4H3. The van der Waals surface area contributed by atoms with Crippen molar-refractivity contribution >= 4 is 0 Å². The molecule has 0 heterocycles. The minimum absolute atomic E-state index is 0.390. The summed E-state index contributed by atoms with van der Waals surface area (Å²) in [6, 6.07) is 18.2. The minimum Gasteiger partial charge on any atom is -0.310 e. The topological polar surface area (TPSA) is 12.0 Å². The van der Waals surface area contributed by atoms with Crippen molar-refractivity contribution in [3.63, 3.8) is 0 Å². The van der Waals surface area contributed by atoms with E-state index >= 15 is 0 Å². The summed E-state index contributed by atoms with van der Waals surface area (Å²) >= 11 is 0. The Kier molecular flexibility index (Phi) is 5.58. The molecule has 1 nitrogen and oxygen atoms in total. The Bertz CT molecular complexity index is 554. The van der Waals surface area contributed by atoms with Crippen LogP contribution in [0.2, 0.25) is 0 Å². The molecule has 0 aliphatic carbocycles. The van der Waals surface area contributed by atoms with E-state index in [1.54, 1.807) is 0 Å². The Hall–Kier alpha value is -1.60. The predicted molar refractivity (Wildman–Crippen MR) is 91.8 cm³/mol. The Labute approximate surface area is 129 Å². The molecule has 1 atom stereocenters. The highest BCUT2D eigenvalue weighted by Gasteiger charge is 2.13. The van der Waals surface area contributed by atoms with Gasteiger partial charge in [-0.1, -0.05) is 69.3 Å². The Morgan fingerprint density at radius 2 is 1.62 bits per heavy atom. The van der Waals surface area contributed by atoms with Crippen LogP contribution < -0.4 is 5.32 Å². The molecule has 0 fully saturated rings. The summed E-state index contributed by atoms with van der Waals surface area (Å²) in [5.74, 6) is 0.597. The summed E-state index contributed by atoms with van der Waals surface area (Å²) in [6.45, 7) is 9.84. The smallest absolute Gasteiger partial charge is 0.0363 e. The van der Waals surface area contributed by atoms with E-state index in [1.807, 2.05) is 0 Å². The van der Waals surface area contributed by atoms with Gasteiger partial charge < -0.3 is 5.32 Å². The average molecular weight is 281 g/mol. The molecule has 2 aromatic carbocycles. The van der Waals surface area contributed by atoms with Crippen LogP contribution in [0.5, 0.6) is 0 Å². The summed E-state index contributed by atoms with van der Waals surface area (Å²) < 4.78 is 0. The van der Waals surface area contributed by atoms with Gasteiger partial charge in [0, 0.05) is 6.04 Å². The van der Waals surface area contributed by atoms with E-state index in [0.717, 1.165) is 13.0 Å². The van der Waals surface area contributed by atoms with Crippen molar-refractivity contribution in [2.45, 2.75) is 46.1 Å². The Balaban J connectivity index is 2.18. The number of benzene rings is 2. The second kappa shape index (κ2) is 7.42. The lowest BCUT2D eigenvalue weighted by molar-refractivity contribution is 0.547. The first kappa shape index (κ1) is 15.8. The van der Waals surface area contributed by atoms with E-state index in [4.69, 9.17) is 0 Å². The zero-order valence-corrected chi connectivity index (χ0v) is 13.7. The van der Waals surface area contributed by atoms with E-state index in [2.05, 4.69) is 81.5 Å². The first-order valence-electron chi connectivity index (χ1n) is 7.99. The molecular weight excluding hydrogens is 254 g/mol. The van der Waals surface area contributed by atoms with Gasteiger partial charge in [-0.2, -0.15) is 0 Å². The third-order valence-corrected chi connectivity index (χ3v) is 4.10. The van der Waals surface area contributed by atoms with Gasteiger partial charge in [-0.25, -0.2) is 0 Å². The summed E-state index contributed by atoms with van der Waals surface area (Å²) in [4.78, 5) is 0. The van der Waals surface area contributed by atoms with Crippen molar-refractivity contribution < 1.29 is 0 Å². The maximum absolute atomic E-state index is 3.63. The maximum atomic E-state index is 3.63. The first-order chi connectivity index (χ1) is 10.1. The first-order valence-corrected chi connectivity index (χ1v) is 7.99. The SMILES string of the molecule is CCNC(Cc1ccc(C(C)C)cc1)c1ccccc1C. The van der Waals surface area contributed by atoms with Crippen LogP contribution >= 0.6 is 0 Å². The molecule has 2 rings (SSSR count). The molecule has 0 bridgehead atoms. The molecule has 0 spiro atoms. The van der Waals surface area contributed by atoms with Crippen molar-refractivity contribution in [1.29, 1.82) is 0 Å². The molecule has 0 aromatic heterocycles. The normalized spacial score (nSPS) is 12.6. The predicted octanol–water partition coefficient (Wildman–Crippen LogP) is 5.01. The van der Waals surface area contributed by atoms with Crippen LogP contribution in [0, 0.1) is 6.92 Å². The van der Waals surface area contributed by atoms with Gasteiger partial charge in [0.1, 0.15) is 0 Å². The number of likely N-dealkylation sites (N-methyl/N-ethyl adjacent to an activating group) is 1. The zero-order chi connectivity index (χ0) is 15.2. The fraction of sp³-hybridized carbons (Fsp3) is 0.400. The highest BCUT2D eigenvalue weighted by Crippen LogP contribution is 2.23. The number of rotatable bonds is 6. The second-order valence-corrected chi connectivity index (χ2v) is 6.07. The van der Waals surface area contributed by atoms with Crippen molar-refractivity contribution in [2.24, 2.45) is 0 Å². The van der Waals surface area contributed by atoms with Crippen LogP contribution in [-0.4, -0.2) is 6.54 Å². The number of nitrogens with one attached hydrogen (secondary N) is 1. The van der Waals surface area contributed by atoms with E-state index in [-0.39, 0.29) is 0 Å². The largest absolute Gasteiger partial charge is 0.310 e. The highest BCUT2D eigenvalue weighted by atomic mass is 14.9. The van der Waals surface area contributed by atoms with Gasteiger partial charge in [-0.05, 0) is 48.1 Å². The summed E-state index contributed by atoms with van der Waals surface area (Å²) in [7, 11) is 0. The number of aryl methyl sites for hydroxylation is 1. The van der Waals surface area contributed by atoms with Gasteiger partial charge in [-0.15, -0.1) is 0 Å². The Morgan fingerprint density at radius 1 is 0.952 bits per heavy atom. The Morgan fingerprint density at radius 3 is 2.19 bits per heavy atom. The van der Waals surface area contributed by atoms with Gasteiger partial charge in [0.25, 0.3) is 0 Å². The van der Waals surface area contributed by atoms with E-state index in [0.29, 0.717) is 12.0 Å². The average Bonchev–Trinajstić information content (AvgIpc) is 2.48. The zero-order valence-electron chi connectivity index (χ0n) is 13.7. The fourth-order valence-electron chi connectivity index (χ4n) is 2.79. The summed E-state index contributed by atoms with van der Waals surface area (Å²) in [5, 5.41) is 3.63. The quantitative estimate of drug-likeness (QED) is 0.784. The number of hydrogen-bond donors (Lipinski definition) is 1. The van der Waals surface area contributed by atoms with Gasteiger partial charge in [0.15, 0.2) is 0 Å². The van der Waals surface area contributed by atoms with Crippen LogP contribution in [0.25, 0.3) is 0 Å². The van der Waals surface area contributed by atoms with Crippen LogP contribution in [0.3, 0.4) is 0 Å². The molecule has 1 heteroatoms. The maximum Gasteiger partial charge on any atom is 0.0363 e. The molecule has 1 unspecified atom stereocenters. The third kappa shape index (κ3) is 4.18. The summed E-state index contributed by atoms with van der Waals surface area (Å²) in [5.41, 5.74) is 5.58. The van der Waals surface area contributed by atoms with Crippen molar-refractivity contribution in [1.82, 2.24) is 5.32 Å². The van der Waals surface area contributed by atoms with Crippen LogP contribution in [0.4, 0.5) is 0 Å². The molecule has 0 amide bonds. The van der Waals surface area contributed by atoms with E-state index < -0.39 is 0 Å². The van der Waals surface area contributed by atoms with Gasteiger partial charge in [-0.3, -0.25) is 0 Å². The van der Waals surface area contributed by atoms with E-state index in [9.17, 15) is 0 Å². The van der Waals surface area contributed by atoms with Crippen LogP contribution in [0.1, 0.15) is 55.0 Å². The van der Waals surface area contributed by atoms with Gasteiger partial charge >= 0.3 is 0 Å². The summed E-state index contributed by atoms with van der Waals surface area (Å²) in [6.07, 6.45) is 1.04. The molecule has 112 valence electrons. The van der Waals surface area contributed by atoms with E-state index in [1.165, 1.54) is 22.3 Å². The fourth-order valence-corrected chi connectivity index (χ4v) is 2.79. The molecule has 0 aliphatic heterocycles. The van der Waals surface area contributed by atoms with Gasteiger partial charge in [0.05, 0.1) is 0 Å². The lowest BCUT2D eigenvalue weighted by Crippen LogP contribution is -2.23. The van der Waals surface area contributed by atoms with Crippen molar-refractivity contribution in [3.8, 4) is 0 Å². The molecule has 0 saturated carbocycles. The number of hydrogen-bond acceptors (Lipinski definition) is 1. The molecule has 0 aliphatic rings. The molecule has 0 radical (unpaired) electrons. The minimum atomic E-state index is 0.390. The highest BCUT2D eigenvalue weighted by molar-refractivity contribution is 5.32. The second-order valence-electron chi connectivity index (χ2n) is 6.07. The molecule has 2 aromatic rings. The molecular formula is C20H27N. The monoisotopic (exact) mass is 281 g/mol. The molecule has 0 saturated heterocycles. The van der Waals surface area contributed by atoms with Crippen LogP contribution in [0.15, 0.2) is 48.5 Å².